The molecule has 1 heterocycles. The summed E-state index contributed by atoms with van der Waals surface area (Å²) in [4.78, 5) is 0. The van der Waals surface area contributed by atoms with Gasteiger partial charge in [-0.2, -0.15) is 0 Å². The SMILES string of the molecule is CC(C)NCc1cc(COc2cccc(Cl)c2)on1. The van der Waals surface area contributed by atoms with Gasteiger partial charge in [-0.25, -0.2) is 0 Å². The van der Waals surface area contributed by atoms with Crippen molar-refractivity contribution in [2.45, 2.75) is 33.0 Å². The van der Waals surface area contributed by atoms with Crippen LogP contribution < -0.4 is 10.1 Å². The molecule has 0 saturated carbocycles. The van der Waals surface area contributed by atoms with E-state index in [1.165, 1.54) is 0 Å². The molecular formula is C14H17ClN2O2. The zero-order chi connectivity index (χ0) is 13.7. The highest BCUT2D eigenvalue weighted by Gasteiger charge is 2.05. The monoisotopic (exact) mass is 280 g/mol. The quantitative estimate of drug-likeness (QED) is 0.881. The third kappa shape index (κ3) is 4.58. The molecule has 102 valence electrons. The standard InChI is InChI=1S/C14H17ClN2O2/c1-10(2)16-8-12-7-14(19-17-12)9-18-13-5-3-4-11(15)6-13/h3-7,10,16H,8-9H2,1-2H3. The van der Waals surface area contributed by atoms with Gasteiger partial charge in [0.15, 0.2) is 5.76 Å². The topological polar surface area (TPSA) is 47.3 Å². The molecule has 0 unspecified atom stereocenters. The summed E-state index contributed by atoms with van der Waals surface area (Å²) < 4.78 is 10.8. The lowest BCUT2D eigenvalue weighted by molar-refractivity contribution is 0.248. The molecule has 0 saturated heterocycles. The Morgan fingerprint density at radius 2 is 2.21 bits per heavy atom. The number of benzene rings is 1. The Morgan fingerprint density at radius 3 is 2.95 bits per heavy atom. The van der Waals surface area contributed by atoms with Crippen molar-refractivity contribution in [3.05, 3.63) is 46.8 Å². The number of halogens is 1. The van der Waals surface area contributed by atoms with E-state index < -0.39 is 0 Å². The molecule has 0 aliphatic heterocycles. The number of rotatable bonds is 6. The Bertz CT molecular complexity index is 526. The summed E-state index contributed by atoms with van der Waals surface area (Å²) in [6, 6.07) is 9.57. The fraction of sp³-hybridized carbons (Fsp3) is 0.357. The second-order valence-electron chi connectivity index (χ2n) is 4.57. The summed E-state index contributed by atoms with van der Waals surface area (Å²) in [6.07, 6.45) is 0. The van der Waals surface area contributed by atoms with Gasteiger partial charge in [0, 0.05) is 23.7 Å². The fourth-order valence-electron chi connectivity index (χ4n) is 1.53. The second-order valence-corrected chi connectivity index (χ2v) is 5.00. The highest BCUT2D eigenvalue weighted by atomic mass is 35.5. The van der Waals surface area contributed by atoms with E-state index >= 15 is 0 Å². The number of ether oxygens (including phenoxy) is 1. The van der Waals surface area contributed by atoms with E-state index in [1.54, 1.807) is 12.1 Å². The van der Waals surface area contributed by atoms with E-state index in [2.05, 4.69) is 24.3 Å². The molecule has 1 N–H and O–H groups in total. The maximum absolute atomic E-state index is 5.88. The normalized spacial score (nSPS) is 10.9. The van der Waals surface area contributed by atoms with Crippen molar-refractivity contribution in [3.8, 4) is 5.75 Å². The number of hydrogen-bond acceptors (Lipinski definition) is 4. The third-order valence-electron chi connectivity index (χ3n) is 2.48. The minimum atomic E-state index is 0.342. The molecular weight excluding hydrogens is 264 g/mol. The summed E-state index contributed by atoms with van der Waals surface area (Å²) in [5.41, 5.74) is 0.874. The van der Waals surface area contributed by atoms with Gasteiger partial charge in [-0.05, 0) is 18.2 Å². The molecule has 0 bridgehead atoms. The van der Waals surface area contributed by atoms with Crippen LogP contribution in [0.15, 0.2) is 34.9 Å². The first kappa shape index (κ1) is 13.9. The Labute approximate surface area is 117 Å². The van der Waals surface area contributed by atoms with Crippen LogP contribution in [0.3, 0.4) is 0 Å². The van der Waals surface area contributed by atoms with Gasteiger partial charge in [0.2, 0.25) is 0 Å². The number of hydrogen-bond donors (Lipinski definition) is 1. The molecule has 0 atom stereocenters. The molecule has 0 aliphatic rings. The van der Waals surface area contributed by atoms with Gasteiger partial charge in [-0.15, -0.1) is 0 Å². The molecule has 5 heteroatoms. The number of aromatic nitrogens is 1. The zero-order valence-electron chi connectivity index (χ0n) is 11.0. The molecule has 4 nitrogen and oxygen atoms in total. The Balaban J connectivity index is 1.86. The van der Waals surface area contributed by atoms with Gasteiger partial charge < -0.3 is 14.6 Å². The fourth-order valence-corrected chi connectivity index (χ4v) is 1.71. The lowest BCUT2D eigenvalue weighted by Gasteiger charge is -2.04. The number of nitrogens with one attached hydrogen (secondary N) is 1. The molecule has 1 aromatic carbocycles. The highest BCUT2D eigenvalue weighted by Crippen LogP contribution is 2.18. The summed E-state index contributed by atoms with van der Waals surface area (Å²) in [5, 5.41) is 7.90. The maximum Gasteiger partial charge on any atom is 0.174 e. The molecule has 19 heavy (non-hydrogen) atoms. The molecule has 0 spiro atoms. The lowest BCUT2D eigenvalue weighted by atomic mass is 10.3. The average Bonchev–Trinajstić information content (AvgIpc) is 2.82. The van der Waals surface area contributed by atoms with Crippen LogP contribution in [-0.4, -0.2) is 11.2 Å². The van der Waals surface area contributed by atoms with Gasteiger partial charge in [-0.1, -0.05) is 36.7 Å². The van der Waals surface area contributed by atoms with Crippen LogP contribution in [-0.2, 0) is 13.2 Å². The van der Waals surface area contributed by atoms with Gasteiger partial charge in [0.05, 0.1) is 5.69 Å². The zero-order valence-corrected chi connectivity index (χ0v) is 11.8. The van der Waals surface area contributed by atoms with Crippen LogP contribution in [0.2, 0.25) is 5.02 Å². The molecule has 0 radical (unpaired) electrons. The van der Waals surface area contributed by atoms with Gasteiger partial charge in [0.1, 0.15) is 12.4 Å². The molecule has 2 rings (SSSR count). The largest absolute Gasteiger partial charge is 0.485 e. The Hall–Kier alpha value is -1.52. The van der Waals surface area contributed by atoms with Gasteiger partial charge >= 0.3 is 0 Å². The summed E-state index contributed by atoms with van der Waals surface area (Å²) in [5.74, 6) is 1.41. The average molecular weight is 281 g/mol. The first-order valence-electron chi connectivity index (χ1n) is 6.19. The first-order valence-corrected chi connectivity index (χ1v) is 6.57. The van der Waals surface area contributed by atoms with E-state index in [0.29, 0.717) is 35.7 Å². The predicted molar refractivity (Wildman–Crippen MR) is 74.3 cm³/mol. The van der Waals surface area contributed by atoms with Gasteiger partial charge in [0.25, 0.3) is 0 Å². The predicted octanol–water partition coefficient (Wildman–Crippen LogP) is 3.41. The van der Waals surface area contributed by atoms with Crippen LogP contribution in [0.4, 0.5) is 0 Å². The van der Waals surface area contributed by atoms with Crippen molar-refractivity contribution >= 4 is 11.6 Å². The third-order valence-corrected chi connectivity index (χ3v) is 2.71. The summed E-state index contributed by atoms with van der Waals surface area (Å²) in [6.45, 7) is 5.21. The lowest BCUT2D eigenvalue weighted by Crippen LogP contribution is -2.21. The van der Waals surface area contributed by atoms with Crippen LogP contribution in [0.1, 0.15) is 25.3 Å². The number of nitrogens with zero attached hydrogens (tertiary/aromatic N) is 1. The maximum atomic E-state index is 5.88. The molecule has 1 aromatic heterocycles. The molecule has 2 aromatic rings. The molecule has 0 fully saturated rings. The van der Waals surface area contributed by atoms with Crippen LogP contribution in [0.5, 0.6) is 5.75 Å². The summed E-state index contributed by atoms with van der Waals surface area (Å²) in [7, 11) is 0. The van der Waals surface area contributed by atoms with E-state index in [-0.39, 0.29) is 0 Å². The van der Waals surface area contributed by atoms with Crippen LogP contribution >= 0.6 is 11.6 Å². The van der Waals surface area contributed by atoms with Crippen LogP contribution in [0, 0.1) is 0 Å². The van der Waals surface area contributed by atoms with Crippen molar-refractivity contribution in [1.82, 2.24) is 10.5 Å². The highest BCUT2D eigenvalue weighted by molar-refractivity contribution is 6.30. The summed E-state index contributed by atoms with van der Waals surface area (Å²) >= 11 is 5.88. The first-order chi connectivity index (χ1) is 9.13. The van der Waals surface area contributed by atoms with E-state index in [4.69, 9.17) is 20.9 Å². The Morgan fingerprint density at radius 1 is 1.37 bits per heavy atom. The van der Waals surface area contributed by atoms with Crippen LogP contribution in [0.25, 0.3) is 0 Å². The van der Waals surface area contributed by atoms with Crippen molar-refractivity contribution in [1.29, 1.82) is 0 Å². The van der Waals surface area contributed by atoms with Crippen molar-refractivity contribution < 1.29 is 9.26 Å². The van der Waals surface area contributed by atoms with E-state index in [9.17, 15) is 0 Å². The van der Waals surface area contributed by atoms with E-state index in [1.807, 2.05) is 18.2 Å². The second kappa shape index (κ2) is 6.59. The smallest absolute Gasteiger partial charge is 0.174 e. The molecule has 0 amide bonds. The van der Waals surface area contributed by atoms with Crippen molar-refractivity contribution in [3.63, 3.8) is 0 Å². The minimum absolute atomic E-state index is 0.342. The Kier molecular flexibility index (Phi) is 4.82. The van der Waals surface area contributed by atoms with E-state index in [0.717, 1.165) is 5.69 Å². The van der Waals surface area contributed by atoms with Crippen molar-refractivity contribution in [2.75, 3.05) is 0 Å². The van der Waals surface area contributed by atoms with Gasteiger partial charge in [-0.3, -0.25) is 0 Å². The van der Waals surface area contributed by atoms with Crippen molar-refractivity contribution in [2.24, 2.45) is 0 Å². The minimum Gasteiger partial charge on any atom is -0.485 e. The molecule has 0 aliphatic carbocycles.